The molecule has 8 nitrogen and oxygen atoms in total. The van der Waals surface area contributed by atoms with Crippen LogP contribution in [0.25, 0.3) is 0 Å². The van der Waals surface area contributed by atoms with Crippen molar-refractivity contribution in [3.05, 3.63) is 66.2 Å². The predicted molar refractivity (Wildman–Crippen MR) is 96.1 cm³/mol. The fourth-order valence-corrected chi connectivity index (χ4v) is 2.08. The van der Waals surface area contributed by atoms with Crippen LogP contribution in [0.15, 0.2) is 60.7 Å². The molecule has 0 bridgehead atoms. The third-order valence-corrected chi connectivity index (χ3v) is 3.40. The number of para-hydroxylation sites is 1. The number of benzene rings is 2. The standard InChI is InChI=1S/C19H20N2O6/c22-17(20-11-12-26-15-9-5-2-6-10-15)16(18(23)24)21-19(25)27-13-14-7-3-1-4-8-14/h1-10,16H,11-13H2,(H,20,22)(H,21,25)(H,23,24). The lowest BCUT2D eigenvalue weighted by Crippen LogP contribution is -2.52. The number of alkyl carbamates (subject to hydrolysis) is 1. The number of nitrogens with one attached hydrogen (secondary N) is 2. The van der Waals surface area contributed by atoms with Crippen molar-refractivity contribution in [2.45, 2.75) is 12.6 Å². The van der Waals surface area contributed by atoms with E-state index in [2.05, 4.69) is 5.32 Å². The van der Waals surface area contributed by atoms with Gasteiger partial charge < -0.3 is 19.9 Å². The van der Waals surface area contributed by atoms with Crippen LogP contribution in [-0.2, 0) is 20.9 Å². The van der Waals surface area contributed by atoms with Gasteiger partial charge in [-0.2, -0.15) is 0 Å². The van der Waals surface area contributed by atoms with E-state index in [4.69, 9.17) is 14.6 Å². The van der Waals surface area contributed by atoms with Crippen LogP contribution in [0.1, 0.15) is 5.56 Å². The van der Waals surface area contributed by atoms with Crippen LogP contribution in [0.5, 0.6) is 5.75 Å². The van der Waals surface area contributed by atoms with Crippen LogP contribution < -0.4 is 15.4 Å². The van der Waals surface area contributed by atoms with Crippen LogP contribution in [0.4, 0.5) is 4.79 Å². The molecule has 0 fully saturated rings. The smallest absolute Gasteiger partial charge is 0.408 e. The summed E-state index contributed by atoms with van der Waals surface area (Å²) in [6, 6.07) is 16.1. The van der Waals surface area contributed by atoms with E-state index >= 15 is 0 Å². The molecular formula is C19H20N2O6. The molecule has 1 unspecified atom stereocenters. The number of carboxylic acids is 1. The Morgan fingerprint density at radius 3 is 2.22 bits per heavy atom. The molecule has 2 rings (SSSR count). The fraction of sp³-hybridized carbons (Fsp3) is 0.211. The second-order valence-corrected chi connectivity index (χ2v) is 5.43. The molecule has 0 saturated carbocycles. The van der Waals surface area contributed by atoms with Gasteiger partial charge in [-0.15, -0.1) is 0 Å². The van der Waals surface area contributed by atoms with Gasteiger partial charge in [0.15, 0.2) is 0 Å². The van der Waals surface area contributed by atoms with Gasteiger partial charge in [-0.05, 0) is 17.7 Å². The van der Waals surface area contributed by atoms with Crippen molar-refractivity contribution in [3.63, 3.8) is 0 Å². The average molecular weight is 372 g/mol. The molecule has 0 aromatic heterocycles. The second kappa shape index (κ2) is 10.4. The molecule has 1 atom stereocenters. The molecule has 0 heterocycles. The number of carbonyl (C=O) groups excluding carboxylic acids is 2. The Kier molecular flexibility index (Phi) is 7.65. The number of carbonyl (C=O) groups is 3. The third-order valence-electron chi connectivity index (χ3n) is 3.40. The highest BCUT2D eigenvalue weighted by Crippen LogP contribution is 2.07. The fourth-order valence-electron chi connectivity index (χ4n) is 2.08. The molecule has 2 amide bonds. The molecule has 27 heavy (non-hydrogen) atoms. The number of aliphatic carboxylic acids is 1. The van der Waals surface area contributed by atoms with Gasteiger partial charge in [-0.3, -0.25) is 10.1 Å². The molecule has 0 aliphatic heterocycles. The molecule has 0 spiro atoms. The minimum atomic E-state index is -1.76. The maximum Gasteiger partial charge on any atom is 0.408 e. The van der Waals surface area contributed by atoms with E-state index in [-0.39, 0.29) is 19.8 Å². The highest BCUT2D eigenvalue weighted by molar-refractivity contribution is 6.03. The van der Waals surface area contributed by atoms with E-state index < -0.39 is 24.0 Å². The van der Waals surface area contributed by atoms with E-state index in [1.807, 2.05) is 17.4 Å². The van der Waals surface area contributed by atoms with Crippen molar-refractivity contribution in [3.8, 4) is 5.75 Å². The Morgan fingerprint density at radius 2 is 1.59 bits per heavy atom. The number of hydrogen-bond acceptors (Lipinski definition) is 5. The zero-order valence-corrected chi connectivity index (χ0v) is 14.5. The van der Waals surface area contributed by atoms with Crippen molar-refractivity contribution in [1.29, 1.82) is 0 Å². The quantitative estimate of drug-likeness (QED) is 0.455. The van der Waals surface area contributed by atoms with Gasteiger partial charge in [-0.25, -0.2) is 9.59 Å². The summed E-state index contributed by atoms with van der Waals surface area (Å²) in [5.41, 5.74) is 0.738. The van der Waals surface area contributed by atoms with Crippen LogP contribution in [-0.4, -0.2) is 42.3 Å². The topological polar surface area (TPSA) is 114 Å². The summed E-state index contributed by atoms with van der Waals surface area (Å²) in [4.78, 5) is 35.0. The molecule has 0 saturated heterocycles. The Balaban J connectivity index is 1.74. The Morgan fingerprint density at radius 1 is 0.963 bits per heavy atom. The molecule has 2 aromatic carbocycles. The monoisotopic (exact) mass is 372 g/mol. The first kappa shape index (κ1) is 19.8. The molecule has 0 aliphatic rings. The first-order valence-electron chi connectivity index (χ1n) is 8.22. The lowest BCUT2D eigenvalue weighted by atomic mass is 10.2. The van der Waals surface area contributed by atoms with Gasteiger partial charge in [0.05, 0.1) is 6.54 Å². The highest BCUT2D eigenvalue weighted by Gasteiger charge is 2.28. The van der Waals surface area contributed by atoms with E-state index in [1.54, 1.807) is 48.5 Å². The Bertz CT molecular complexity index is 751. The number of rotatable bonds is 9. The minimum absolute atomic E-state index is 0.0362. The average Bonchev–Trinajstić information content (AvgIpc) is 2.69. The minimum Gasteiger partial charge on any atom is -0.492 e. The van der Waals surface area contributed by atoms with Crippen molar-refractivity contribution >= 4 is 18.0 Å². The second-order valence-electron chi connectivity index (χ2n) is 5.43. The number of carboxylic acid groups (broad SMARTS) is 1. The number of amides is 2. The largest absolute Gasteiger partial charge is 0.492 e. The van der Waals surface area contributed by atoms with Gasteiger partial charge in [0.25, 0.3) is 5.91 Å². The molecular weight excluding hydrogens is 352 g/mol. The zero-order valence-electron chi connectivity index (χ0n) is 14.5. The number of hydrogen-bond donors (Lipinski definition) is 3. The predicted octanol–water partition coefficient (Wildman–Crippen LogP) is 1.56. The van der Waals surface area contributed by atoms with Crippen LogP contribution in [0.3, 0.4) is 0 Å². The van der Waals surface area contributed by atoms with Crippen molar-refractivity contribution < 1.29 is 29.0 Å². The van der Waals surface area contributed by atoms with Crippen molar-refractivity contribution in [1.82, 2.24) is 10.6 Å². The van der Waals surface area contributed by atoms with Gasteiger partial charge in [-0.1, -0.05) is 48.5 Å². The molecule has 8 heteroatoms. The summed E-state index contributed by atoms with van der Waals surface area (Å²) in [7, 11) is 0. The third kappa shape index (κ3) is 7.07. The van der Waals surface area contributed by atoms with E-state index in [9.17, 15) is 14.4 Å². The van der Waals surface area contributed by atoms with E-state index in [0.29, 0.717) is 5.75 Å². The van der Waals surface area contributed by atoms with Crippen molar-refractivity contribution in [2.24, 2.45) is 0 Å². The summed E-state index contributed by atoms with van der Waals surface area (Å²) in [6.45, 7) is 0.199. The molecule has 0 aliphatic carbocycles. The highest BCUT2D eigenvalue weighted by atomic mass is 16.5. The van der Waals surface area contributed by atoms with E-state index in [1.165, 1.54) is 0 Å². The van der Waals surface area contributed by atoms with Crippen LogP contribution in [0, 0.1) is 0 Å². The van der Waals surface area contributed by atoms with Crippen LogP contribution >= 0.6 is 0 Å². The lowest BCUT2D eigenvalue weighted by molar-refractivity contribution is -0.143. The Hall–Kier alpha value is -3.55. The lowest BCUT2D eigenvalue weighted by Gasteiger charge is -2.15. The summed E-state index contributed by atoms with van der Waals surface area (Å²) < 4.78 is 10.3. The molecule has 142 valence electrons. The molecule has 3 N–H and O–H groups in total. The summed E-state index contributed by atoms with van der Waals surface area (Å²) in [5, 5.41) is 13.6. The van der Waals surface area contributed by atoms with E-state index in [0.717, 1.165) is 5.56 Å². The van der Waals surface area contributed by atoms with Crippen molar-refractivity contribution in [2.75, 3.05) is 13.2 Å². The van der Waals surface area contributed by atoms with Gasteiger partial charge in [0.2, 0.25) is 6.04 Å². The normalized spacial score (nSPS) is 11.1. The first-order valence-corrected chi connectivity index (χ1v) is 8.22. The zero-order chi connectivity index (χ0) is 19.5. The summed E-state index contributed by atoms with van der Waals surface area (Å²) in [6.07, 6.45) is -0.998. The first-order chi connectivity index (χ1) is 13.1. The maximum atomic E-state index is 12.0. The van der Waals surface area contributed by atoms with Gasteiger partial charge in [0, 0.05) is 0 Å². The maximum absolute atomic E-state index is 12.0. The molecule has 0 radical (unpaired) electrons. The SMILES string of the molecule is O=C(NC(C(=O)O)C(=O)NCCOc1ccccc1)OCc1ccccc1. The summed E-state index contributed by atoms with van der Waals surface area (Å²) >= 11 is 0. The van der Waals surface area contributed by atoms with Gasteiger partial charge >= 0.3 is 12.1 Å². The summed E-state index contributed by atoms with van der Waals surface area (Å²) in [5.74, 6) is -1.73. The number of ether oxygens (including phenoxy) is 2. The van der Waals surface area contributed by atoms with Crippen LogP contribution in [0.2, 0.25) is 0 Å². The molecule has 2 aromatic rings. The van der Waals surface area contributed by atoms with Gasteiger partial charge in [0.1, 0.15) is 19.0 Å². The Labute approximate surface area is 156 Å².